The second-order valence-electron chi connectivity index (χ2n) is 4.67. The van der Waals surface area contributed by atoms with Crippen molar-refractivity contribution < 1.29 is 0 Å². The van der Waals surface area contributed by atoms with Crippen LogP contribution in [-0.2, 0) is 0 Å². The molecule has 0 saturated carbocycles. The molecule has 1 atom stereocenters. The van der Waals surface area contributed by atoms with Crippen LogP contribution in [0.25, 0.3) is 10.9 Å². The summed E-state index contributed by atoms with van der Waals surface area (Å²) >= 11 is 1.92. The van der Waals surface area contributed by atoms with E-state index in [2.05, 4.69) is 54.5 Å². The third-order valence-corrected chi connectivity index (χ3v) is 4.12. The van der Waals surface area contributed by atoms with Crippen LogP contribution in [0.3, 0.4) is 0 Å². The number of thioether (sulfide) groups is 1. The largest absolute Gasteiger partial charge is 0.350 e. The molecule has 18 heavy (non-hydrogen) atoms. The predicted molar refractivity (Wildman–Crippen MR) is 81.4 cm³/mol. The smallest absolute Gasteiger partial charge is 0.0732 e. The minimum absolute atomic E-state index is 0.637. The minimum Gasteiger partial charge on any atom is -0.350 e. The third-order valence-electron chi connectivity index (χ3n) is 3.10. The van der Waals surface area contributed by atoms with Crippen LogP contribution in [0.15, 0.2) is 35.4 Å². The second kappa shape index (κ2) is 6.86. The van der Waals surface area contributed by atoms with Gasteiger partial charge in [-0.3, -0.25) is 0 Å². The van der Waals surface area contributed by atoms with Gasteiger partial charge in [-0.25, -0.2) is 0 Å². The van der Waals surface area contributed by atoms with Crippen molar-refractivity contribution in [2.75, 3.05) is 12.3 Å². The Hall–Kier alpha value is -0.930. The maximum Gasteiger partial charge on any atom is 0.0732 e. The monoisotopic (exact) mass is 262 g/mol. The van der Waals surface area contributed by atoms with Gasteiger partial charge < -0.3 is 10.3 Å². The maximum atomic E-state index is 3.46. The van der Waals surface area contributed by atoms with E-state index >= 15 is 0 Å². The van der Waals surface area contributed by atoms with Crippen molar-refractivity contribution in [3.05, 3.63) is 30.3 Å². The zero-order valence-electron chi connectivity index (χ0n) is 11.2. The molecule has 2 N–H and O–H groups in total. The van der Waals surface area contributed by atoms with Crippen LogP contribution in [0.2, 0.25) is 0 Å². The number of nitrogens with one attached hydrogen (secondary N) is 2. The van der Waals surface area contributed by atoms with Gasteiger partial charge in [0.05, 0.1) is 5.03 Å². The van der Waals surface area contributed by atoms with E-state index in [-0.39, 0.29) is 0 Å². The highest BCUT2D eigenvalue weighted by atomic mass is 32.2. The minimum atomic E-state index is 0.637. The molecule has 1 unspecified atom stereocenters. The number of fused-ring (bicyclic) bond motifs is 1. The van der Waals surface area contributed by atoms with E-state index in [1.54, 1.807) is 0 Å². The Morgan fingerprint density at radius 1 is 1.33 bits per heavy atom. The number of hydrogen-bond acceptors (Lipinski definition) is 2. The van der Waals surface area contributed by atoms with Crippen LogP contribution >= 0.6 is 11.8 Å². The van der Waals surface area contributed by atoms with Gasteiger partial charge in [0.1, 0.15) is 0 Å². The number of aromatic amines is 1. The number of H-pyrrole nitrogens is 1. The molecule has 0 aliphatic heterocycles. The van der Waals surface area contributed by atoms with Crippen LogP contribution in [0.5, 0.6) is 0 Å². The Kier molecular flexibility index (Phi) is 5.14. The molecule has 0 radical (unpaired) electrons. The van der Waals surface area contributed by atoms with Crippen molar-refractivity contribution in [1.82, 2.24) is 10.3 Å². The summed E-state index contributed by atoms with van der Waals surface area (Å²) in [6.07, 6.45) is 2.51. The van der Waals surface area contributed by atoms with Crippen molar-refractivity contribution in [1.29, 1.82) is 0 Å². The van der Waals surface area contributed by atoms with E-state index in [0.29, 0.717) is 6.04 Å². The summed E-state index contributed by atoms with van der Waals surface area (Å²) < 4.78 is 0. The van der Waals surface area contributed by atoms with Crippen molar-refractivity contribution in [2.24, 2.45) is 0 Å². The molecule has 3 heteroatoms. The second-order valence-corrected chi connectivity index (χ2v) is 5.81. The quantitative estimate of drug-likeness (QED) is 0.582. The Morgan fingerprint density at radius 2 is 2.17 bits per heavy atom. The molecule has 1 aromatic carbocycles. The molecule has 2 nitrogen and oxygen atoms in total. The van der Waals surface area contributed by atoms with Crippen LogP contribution < -0.4 is 5.32 Å². The summed E-state index contributed by atoms with van der Waals surface area (Å²) in [6.45, 7) is 5.49. The van der Waals surface area contributed by atoms with Gasteiger partial charge in [-0.2, -0.15) is 0 Å². The first kappa shape index (κ1) is 13.5. The maximum absolute atomic E-state index is 3.46. The highest BCUT2D eigenvalue weighted by Gasteiger charge is 2.02. The van der Waals surface area contributed by atoms with Crippen molar-refractivity contribution >= 4 is 22.7 Å². The van der Waals surface area contributed by atoms with Gasteiger partial charge in [0.15, 0.2) is 0 Å². The third kappa shape index (κ3) is 3.79. The summed E-state index contributed by atoms with van der Waals surface area (Å²) in [6, 6.07) is 11.3. The molecule has 0 aliphatic rings. The molecule has 0 saturated heterocycles. The Balaban J connectivity index is 1.76. The molecule has 1 heterocycles. The zero-order chi connectivity index (χ0) is 12.8. The van der Waals surface area contributed by atoms with Gasteiger partial charge in [-0.15, -0.1) is 11.8 Å². The van der Waals surface area contributed by atoms with Gasteiger partial charge in [0.2, 0.25) is 0 Å². The molecule has 98 valence electrons. The number of hydrogen-bond donors (Lipinski definition) is 2. The summed E-state index contributed by atoms with van der Waals surface area (Å²) in [5.41, 5.74) is 1.24. The summed E-state index contributed by atoms with van der Waals surface area (Å²) in [5.74, 6) is 1.18. The first-order valence-corrected chi connectivity index (χ1v) is 7.72. The predicted octanol–water partition coefficient (Wildman–Crippen LogP) is 4.04. The average Bonchev–Trinajstić information content (AvgIpc) is 2.77. The number of rotatable bonds is 7. The van der Waals surface area contributed by atoms with E-state index in [1.807, 2.05) is 11.8 Å². The molecule has 0 amide bonds. The van der Waals surface area contributed by atoms with E-state index in [9.17, 15) is 0 Å². The van der Waals surface area contributed by atoms with Gasteiger partial charge in [-0.05, 0) is 44.2 Å². The van der Waals surface area contributed by atoms with Crippen LogP contribution in [0, 0.1) is 0 Å². The Morgan fingerprint density at radius 3 is 2.94 bits per heavy atom. The van der Waals surface area contributed by atoms with Crippen molar-refractivity contribution in [2.45, 2.75) is 37.8 Å². The highest BCUT2D eigenvalue weighted by molar-refractivity contribution is 7.99. The number of para-hydroxylation sites is 1. The van der Waals surface area contributed by atoms with E-state index in [4.69, 9.17) is 0 Å². The number of benzene rings is 1. The molecular formula is C15H22N2S. The molecule has 2 rings (SSSR count). The van der Waals surface area contributed by atoms with Crippen LogP contribution in [0.1, 0.15) is 26.7 Å². The zero-order valence-corrected chi connectivity index (χ0v) is 12.0. The van der Waals surface area contributed by atoms with E-state index in [1.165, 1.54) is 34.5 Å². The lowest BCUT2D eigenvalue weighted by molar-refractivity contribution is 0.526. The Labute approximate surface area is 114 Å². The lowest BCUT2D eigenvalue weighted by Crippen LogP contribution is -2.25. The number of aromatic nitrogens is 1. The fourth-order valence-corrected chi connectivity index (χ4v) is 3.07. The standard InChI is InChI=1S/C15H22N2S/c1-3-16-12(2)7-6-10-18-15-11-13-8-4-5-9-14(13)17-15/h4-5,8-9,11-12,16-17H,3,6-7,10H2,1-2H3. The van der Waals surface area contributed by atoms with Gasteiger partial charge in [0, 0.05) is 16.9 Å². The first-order chi connectivity index (χ1) is 8.79. The molecule has 2 aromatic rings. The lowest BCUT2D eigenvalue weighted by atomic mass is 10.2. The molecule has 0 bridgehead atoms. The highest BCUT2D eigenvalue weighted by Crippen LogP contribution is 2.23. The average molecular weight is 262 g/mol. The normalized spacial score (nSPS) is 13.0. The summed E-state index contributed by atoms with van der Waals surface area (Å²) in [5, 5.41) is 6.04. The first-order valence-electron chi connectivity index (χ1n) is 6.73. The summed E-state index contributed by atoms with van der Waals surface area (Å²) in [7, 11) is 0. The van der Waals surface area contributed by atoms with Crippen LogP contribution in [0.4, 0.5) is 0 Å². The lowest BCUT2D eigenvalue weighted by Gasteiger charge is -2.10. The Bertz CT molecular complexity index is 445. The van der Waals surface area contributed by atoms with Gasteiger partial charge in [-0.1, -0.05) is 25.1 Å². The van der Waals surface area contributed by atoms with Crippen molar-refractivity contribution in [3.63, 3.8) is 0 Å². The van der Waals surface area contributed by atoms with Crippen LogP contribution in [-0.4, -0.2) is 23.3 Å². The fraction of sp³-hybridized carbons (Fsp3) is 0.467. The van der Waals surface area contributed by atoms with E-state index < -0.39 is 0 Å². The van der Waals surface area contributed by atoms with E-state index in [0.717, 1.165) is 6.54 Å². The molecular weight excluding hydrogens is 240 g/mol. The molecule has 0 aliphatic carbocycles. The molecule has 0 fully saturated rings. The van der Waals surface area contributed by atoms with Crippen molar-refractivity contribution in [3.8, 4) is 0 Å². The van der Waals surface area contributed by atoms with Gasteiger partial charge in [0.25, 0.3) is 0 Å². The molecule has 1 aromatic heterocycles. The SMILES string of the molecule is CCNC(C)CCCSc1cc2ccccc2[nH]1. The molecule has 0 spiro atoms. The fourth-order valence-electron chi connectivity index (χ4n) is 2.15. The topological polar surface area (TPSA) is 27.8 Å². The summed E-state index contributed by atoms with van der Waals surface area (Å²) in [4.78, 5) is 3.46. The van der Waals surface area contributed by atoms with Gasteiger partial charge >= 0.3 is 0 Å².